The van der Waals surface area contributed by atoms with Gasteiger partial charge in [0.05, 0.1) is 23.2 Å². The van der Waals surface area contributed by atoms with Crippen LogP contribution in [0.3, 0.4) is 0 Å². The zero-order chi connectivity index (χ0) is 10.1. The van der Waals surface area contributed by atoms with E-state index in [0.717, 1.165) is 16.8 Å². The number of H-pyrrole nitrogens is 1. The molecule has 4 heteroatoms. The number of imidazole rings is 1. The molecule has 0 amide bonds. The highest BCUT2D eigenvalue weighted by Crippen LogP contribution is 2.26. The summed E-state index contributed by atoms with van der Waals surface area (Å²) in [5.74, 6) is -0.396. The third-order valence-corrected chi connectivity index (χ3v) is 2.35. The van der Waals surface area contributed by atoms with E-state index in [1.54, 1.807) is 18.6 Å². The minimum absolute atomic E-state index is 0.125. The Morgan fingerprint density at radius 2 is 2.21 bits per heavy atom. The Labute approximate surface area is 85.8 Å². The Balaban J connectivity index is 2.60. The van der Waals surface area contributed by atoms with Crippen molar-refractivity contribution in [3.8, 4) is 11.3 Å². The predicted octanol–water partition coefficient (Wildman–Crippen LogP) is 3.18. The molecule has 1 aromatic carbocycles. The summed E-state index contributed by atoms with van der Waals surface area (Å²) in [6, 6.07) is 3.01. The first-order valence-electron chi connectivity index (χ1n) is 4.13. The van der Waals surface area contributed by atoms with E-state index in [-0.39, 0.29) is 5.02 Å². The molecular formula is C10H8ClFN2. The number of aromatic nitrogens is 2. The fourth-order valence-electron chi connectivity index (χ4n) is 1.34. The molecule has 0 saturated heterocycles. The van der Waals surface area contributed by atoms with Crippen LogP contribution in [0, 0.1) is 12.7 Å². The number of aryl methyl sites for hydroxylation is 1. The normalized spacial score (nSPS) is 10.5. The molecule has 1 aromatic heterocycles. The molecule has 1 heterocycles. The number of hydrogen-bond acceptors (Lipinski definition) is 1. The first kappa shape index (κ1) is 9.21. The van der Waals surface area contributed by atoms with Crippen LogP contribution in [0.5, 0.6) is 0 Å². The minimum atomic E-state index is -0.396. The smallest absolute Gasteiger partial charge is 0.142 e. The van der Waals surface area contributed by atoms with Gasteiger partial charge in [0, 0.05) is 5.56 Å². The Morgan fingerprint density at radius 1 is 1.43 bits per heavy atom. The maximum absolute atomic E-state index is 13.0. The third kappa shape index (κ3) is 1.51. The van der Waals surface area contributed by atoms with Crippen LogP contribution in [0.2, 0.25) is 5.02 Å². The summed E-state index contributed by atoms with van der Waals surface area (Å²) < 4.78 is 13.0. The van der Waals surface area contributed by atoms with Gasteiger partial charge >= 0.3 is 0 Å². The molecular weight excluding hydrogens is 203 g/mol. The molecule has 0 fully saturated rings. The summed E-state index contributed by atoms with van der Waals surface area (Å²) in [5, 5.41) is 0.125. The fourth-order valence-corrected chi connectivity index (χ4v) is 1.50. The van der Waals surface area contributed by atoms with Crippen molar-refractivity contribution in [1.82, 2.24) is 9.97 Å². The lowest BCUT2D eigenvalue weighted by molar-refractivity contribution is 0.627. The molecule has 14 heavy (non-hydrogen) atoms. The van der Waals surface area contributed by atoms with Crippen molar-refractivity contribution >= 4 is 11.6 Å². The maximum atomic E-state index is 13.0. The summed E-state index contributed by atoms with van der Waals surface area (Å²) in [7, 11) is 0. The van der Waals surface area contributed by atoms with E-state index in [4.69, 9.17) is 11.6 Å². The highest BCUT2D eigenvalue weighted by atomic mass is 35.5. The average molecular weight is 211 g/mol. The van der Waals surface area contributed by atoms with Gasteiger partial charge < -0.3 is 4.98 Å². The van der Waals surface area contributed by atoms with Crippen LogP contribution >= 0.6 is 11.6 Å². The summed E-state index contributed by atoms with van der Waals surface area (Å²) in [5.41, 5.74) is 2.54. The van der Waals surface area contributed by atoms with Gasteiger partial charge in [-0.15, -0.1) is 0 Å². The standard InChI is InChI=1S/C10H8ClFN2/c1-6-2-9(12)8(11)3-7(6)10-4-13-5-14-10/h2-5H,1H3,(H,13,14). The number of rotatable bonds is 1. The van der Waals surface area contributed by atoms with Gasteiger partial charge in [0.2, 0.25) is 0 Å². The maximum Gasteiger partial charge on any atom is 0.142 e. The molecule has 0 radical (unpaired) electrons. The van der Waals surface area contributed by atoms with Crippen molar-refractivity contribution < 1.29 is 4.39 Å². The number of hydrogen-bond donors (Lipinski definition) is 1. The zero-order valence-corrected chi connectivity index (χ0v) is 8.27. The van der Waals surface area contributed by atoms with Crippen LogP contribution < -0.4 is 0 Å². The fraction of sp³-hybridized carbons (Fsp3) is 0.100. The van der Waals surface area contributed by atoms with Gasteiger partial charge in [0.25, 0.3) is 0 Å². The van der Waals surface area contributed by atoms with Gasteiger partial charge in [-0.05, 0) is 24.6 Å². The number of nitrogens with zero attached hydrogens (tertiary/aromatic N) is 1. The van der Waals surface area contributed by atoms with Crippen molar-refractivity contribution in [3.05, 3.63) is 41.1 Å². The van der Waals surface area contributed by atoms with Crippen LogP contribution in [0.15, 0.2) is 24.7 Å². The SMILES string of the molecule is Cc1cc(F)c(Cl)cc1-c1cnc[nH]1. The Morgan fingerprint density at radius 3 is 2.86 bits per heavy atom. The molecule has 0 aliphatic rings. The Bertz CT molecular complexity index is 451. The lowest BCUT2D eigenvalue weighted by Crippen LogP contribution is -1.86. The molecule has 0 spiro atoms. The second-order valence-corrected chi connectivity index (χ2v) is 3.45. The van der Waals surface area contributed by atoms with E-state index in [1.807, 2.05) is 6.92 Å². The molecule has 0 aliphatic heterocycles. The van der Waals surface area contributed by atoms with Crippen LogP contribution in [0.4, 0.5) is 4.39 Å². The minimum Gasteiger partial charge on any atom is -0.345 e. The molecule has 0 unspecified atom stereocenters. The van der Waals surface area contributed by atoms with Crippen molar-refractivity contribution in [2.24, 2.45) is 0 Å². The molecule has 0 bridgehead atoms. The van der Waals surface area contributed by atoms with Gasteiger partial charge in [-0.1, -0.05) is 11.6 Å². The van der Waals surface area contributed by atoms with Crippen LogP contribution in [0.25, 0.3) is 11.3 Å². The van der Waals surface area contributed by atoms with Gasteiger partial charge in [0.15, 0.2) is 0 Å². The number of aromatic amines is 1. The van der Waals surface area contributed by atoms with Crippen LogP contribution in [0.1, 0.15) is 5.56 Å². The van der Waals surface area contributed by atoms with Crippen LogP contribution in [-0.4, -0.2) is 9.97 Å². The van der Waals surface area contributed by atoms with E-state index in [2.05, 4.69) is 9.97 Å². The topological polar surface area (TPSA) is 28.7 Å². The van der Waals surface area contributed by atoms with Crippen molar-refractivity contribution in [2.45, 2.75) is 6.92 Å². The first-order chi connectivity index (χ1) is 6.68. The highest BCUT2D eigenvalue weighted by molar-refractivity contribution is 6.31. The summed E-state index contributed by atoms with van der Waals surface area (Å²) >= 11 is 5.69. The van der Waals surface area contributed by atoms with E-state index >= 15 is 0 Å². The molecule has 1 N–H and O–H groups in total. The monoisotopic (exact) mass is 210 g/mol. The Kier molecular flexibility index (Phi) is 2.25. The Hall–Kier alpha value is -1.35. The van der Waals surface area contributed by atoms with Gasteiger partial charge in [-0.25, -0.2) is 9.37 Å². The summed E-state index contributed by atoms with van der Waals surface area (Å²) in [4.78, 5) is 6.85. The molecule has 0 aliphatic carbocycles. The van der Waals surface area contributed by atoms with E-state index in [9.17, 15) is 4.39 Å². The second kappa shape index (κ2) is 3.42. The van der Waals surface area contributed by atoms with E-state index < -0.39 is 5.82 Å². The van der Waals surface area contributed by atoms with Crippen molar-refractivity contribution in [1.29, 1.82) is 0 Å². The number of nitrogens with one attached hydrogen (secondary N) is 1. The second-order valence-electron chi connectivity index (χ2n) is 3.05. The average Bonchev–Trinajstić information content (AvgIpc) is 2.64. The molecule has 2 aromatic rings. The molecule has 0 saturated carbocycles. The predicted molar refractivity (Wildman–Crippen MR) is 53.7 cm³/mol. The molecule has 0 atom stereocenters. The van der Waals surface area contributed by atoms with Crippen LogP contribution in [-0.2, 0) is 0 Å². The van der Waals surface area contributed by atoms with Gasteiger partial charge in [-0.3, -0.25) is 0 Å². The summed E-state index contributed by atoms with van der Waals surface area (Å²) in [6.45, 7) is 1.83. The third-order valence-electron chi connectivity index (χ3n) is 2.06. The van der Waals surface area contributed by atoms with E-state index in [0.29, 0.717) is 0 Å². The quantitative estimate of drug-likeness (QED) is 0.770. The lowest BCUT2D eigenvalue weighted by Gasteiger charge is -2.04. The largest absolute Gasteiger partial charge is 0.345 e. The van der Waals surface area contributed by atoms with Gasteiger partial charge in [-0.2, -0.15) is 0 Å². The van der Waals surface area contributed by atoms with Gasteiger partial charge in [0.1, 0.15) is 5.82 Å². The van der Waals surface area contributed by atoms with E-state index in [1.165, 1.54) is 6.07 Å². The molecule has 72 valence electrons. The summed E-state index contributed by atoms with van der Waals surface area (Å²) in [6.07, 6.45) is 3.25. The number of benzene rings is 1. The zero-order valence-electron chi connectivity index (χ0n) is 7.51. The number of halogens is 2. The van der Waals surface area contributed by atoms with Crippen molar-refractivity contribution in [2.75, 3.05) is 0 Å². The molecule has 2 rings (SSSR count). The van der Waals surface area contributed by atoms with Crippen molar-refractivity contribution in [3.63, 3.8) is 0 Å². The lowest BCUT2D eigenvalue weighted by atomic mass is 10.1. The first-order valence-corrected chi connectivity index (χ1v) is 4.50. The molecule has 2 nitrogen and oxygen atoms in total. The highest BCUT2D eigenvalue weighted by Gasteiger charge is 2.07.